The number of esters is 1. The van der Waals surface area contributed by atoms with E-state index < -0.39 is 16.0 Å². The molecule has 0 spiro atoms. The van der Waals surface area contributed by atoms with Gasteiger partial charge in [-0.3, -0.25) is 9.59 Å². The summed E-state index contributed by atoms with van der Waals surface area (Å²) in [7, 11) is -3.66. The Hall–Kier alpha value is -1.93. The van der Waals surface area contributed by atoms with E-state index in [1.54, 1.807) is 12.1 Å². The Bertz CT molecular complexity index is 723. The van der Waals surface area contributed by atoms with E-state index in [0.29, 0.717) is 0 Å². The summed E-state index contributed by atoms with van der Waals surface area (Å²) < 4.78 is 31.5. The van der Waals surface area contributed by atoms with Gasteiger partial charge in [0, 0.05) is 12.6 Å². The molecule has 1 aliphatic rings. The monoisotopic (exact) mass is 396 g/mol. The summed E-state index contributed by atoms with van der Waals surface area (Å²) in [5.74, 6) is -0.923. The predicted molar refractivity (Wildman–Crippen MR) is 102 cm³/mol. The zero-order valence-corrected chi connectivity index (χ0v) is 16.5. The number of nitrogens with one attached hydrogen (secondary N) is 2. The number of rotatable bonds is 8. The quantitative estimate of drug-likeness (QED) is 0.517. The summed E-state index contributed by atoms with van der Waals surface area (Å²) in [5.41, 5.74) is 0.958. The highest BCUT2D eigenvalue weighted by Crippen LogP contribution is 2.17. The molecule has 0 unspecified atom stereocenters. The minimum absolute atomic E-state index is 0.0840. The lowest BCUT2D eigenvalue weighted by Gasteiger charge is -2.16. The van der Waals surface area contributed by atoms with Gasteiger partial charge in [0.1, 0.15) is 0 Å². The van der Waals surface area contributed by atoms with Crippen LogP contribution >= 0.6 is 0 Å². The van der Waals surface area contributed by atoms with Crippen molar-refractivity contribution in [1.82, 2.24) is 10.0 Å². The Kier molecular flexibility index (Phi) is 8.24. The molecule has 1 aromatic rings. The highest BCUT2D eigenvalue weighted by molar-refractivity contribution is 7.89. The van der Waals surface area contributed by atoms with Gasteiger partial charge >= 0.3 is 5.97 Å². The second-order valence-electron chi connectivity index (χ2n) is 6.88. The van der Waals surface area contributed by atoms with E-state index in [4.69, 9.17) is 4.74 Å². The minimum Gasteiger partial charge on any atom is -0.456 e. The summed E-state index contributed by atoms with van der Waals surface area (Å²) in [6.07, 6.45) is 6.38. The molecule has 0 radical (unpaired) electrons. The molecule has 8 heteroatoms. The third-order valence-corrected chi connectivity index (χ3v) is 6.01. The van der Waals surface area contributed by atoms with E-state index in [-0.39, 0.29) is 36.4 Å². The number of ether oxygens (including phenoxy) is 1. The summed E-state index contributed by atoms with van der Waals surface area (Å²) >= 11 is 0. The normalized spacial score (nSPS) is 15.7. The topological polar surface area (TPSA) is 102 Å². The number of benzene rings is 1. The maximum absolute atomic E-state index is 12.1. The lowest BCUT2D eigenvalue weighted by atomic mass is 10.1. The Balaban J connectivity index is 1.66. The van der Waals surface area contributed by atoms with Gasteiger partial charge in [-0.2, -0.15) is 0 Å². The fourth-order valence-electron chi connectivity index (χ4n) is 3.00. The van der Waals surface area contributed by atoms with Gasteiger partial charge in [0.05, 0.1) is 11.3 Å². The fourth-order valence-corrected chi connectivity index (χ4v) is 4.03. The smallest absolute Gasteiger partial charge is 0.307 e. The third-order valence-electron chi connectivity index (χ3n) is 4.54. The number of sulfonamides is 1. The van der Waals surface area contributed by atoms with Gasteiger partial charge in [0.15, 0.2) is 6.61 Å². The van der Waals surface area contributed by atoms with Crippen LogP contribution in [0.25, 0.3) is 0 Å². The first-order chi connectivity index (χ1) is 12.9. The molecular formula is C19H28N2O5S. The highest BCUT2D eigenvalue weighted by atomic mass is 32.2. The number of hydrogen-bond acceptors (Lipinski definition) is 5. The van der Waals surface area contributed by atoms with Crippen molar-refractivity contribution >= 4 is 21.9 Å². The maximum Gasteiger partial charge on any atom is 0.307 e. The molecule has 1 fully saturated rings. The molecule has 2 N–H and O–H groups in total. The van der Waals surface area contributed by atoms with Gasteiger partial charge in [-0.05, 0) is 31.9 Å². The van der Waals surface area contributed by atoms with E-state index >= 15 is 0 Å². The van der Waals surface area contributed by atoms with Gasteiger partial charge in [0.25, 0.3) is 5.91 Å². The molecule has 0 bridgehead atoms. The molecule has 0 heterocycles. The summed E-state index contributed by atoms with van der Waals surface area (Å²) in [6, 6.07) is 6.58. The van der Waals surface area contributed by atoms with Crippen LogP contribution in [0.1, 0.15) is 50.5 Å². The molecule has 1 amide bonds. The molecule has 0 saturated heterocycles. The van der Waals surface area contributed by atoms with Crippen LogP contribution < -0.4 is 10.0 Å². The molecule has 150 valence electrons. The first-order valence-corrected chi connectivity index (χ1v) is 10.9. The first kappa shape index (κ1) is 21.4. The number of amides is 1. The second kappa shape index (κ2) is 10.4. The van der Waals surface area contributed by atoms with Crippen molar-refractivity contribution in [2.45, 2.75) is 62.8 Å². The van der Waals surface area contributed by atoms with Gasteiger partial charge in [-0.15, -0.1) is 0 Å². The van der Waals surface area contributed by atoms with E-state index in [9.17, 15) is 18.0 Å². The summed E-state index contributed by atoms with van der Waals surface area (Å²) in [6.45, 7) is 1.45. The van der Waals surface area contributed by atoms with Crippen molar-refractivity contribution in [3.8, 4) is 0 Å². The van der Waals surface area contributed by atoms with Gasteiger partial charge in [0.2, 0.25) is 10.0 Å². The molecule has 1 saturated carbocycles. The Morgan fingerprint density at radius 2 is 1.70 bits per heavy atom. The lowest BCUT2D eigenvalue weighted by Crippen LogP contribution is -2.37. The fraction of sp³-hybridized carbons (Fsp3) is 0.579. The van der Waals surface area contributed by atoms with Crippen molar-refractivity contribution in [3.05, 3.63) is 29.8 Å². The molecule has 1 aliphatic carbocycles. The van der Waals surface area contributed by atoms with Crippen LogP contribution in [0.2, 0.25) is 0 Å². The van der Waals surface area contributed by atoms with Gasteiger partial charge in [-0.25, -0.2) is 13.1 Å². The highest BCUT2D eigenvalue weighted by Gasteiger charge is 2.17. The van der Waals surface area contributed by atoms with Crippen molar-refractivity contribution in [2.24, 2.45) is 0 Å². The standard InChI is InChI=1S/C19H28N2O5S/c1-15-8-10-17(11-9-15)27(24,25)20-13-12-19(23)26-14-18(22)21-16-6-4-2-3-5-7-16/h8-11,16,20H,2-7,12-14H2,1H3,(H,21,22). The molecule has 27 heavy (non-hydrogen) atoms. The number of aryl methyl sites for hydroxylation is 1. The Morgan fingerprint density at radius 1 is 1.07 bits per heavy atom. The zero-order chi connectivity index (χ0) is 19.7. The van der Waals surface area contributed by atoms with Crippen LogP contribution in [-0.2, 0) is 24.3 Å². The minimum atomic E-state index is -3.66. The summed E-state index contributed by atoms with van der Waals surface area (Å²) in [5, 5.41) is 2.89. The molecule has 1 aromatic carbocycles. The van der Waals surface area contributed by atoms with Crippen molar-refractivity contribution < 1.29 is 22.7 Å². The van der Waals surface area contributed by atoms with Crippen LogP contribution in [0.5, 0.6) is 0 Å². The average molecular weight is 397 g/mol. The van der Waals surface area contributed by atoms with Gasteiger partial charge < -0.3 is 10.1 Å². The molecule has 0 atom stereocenters. The SMILES string of the molecule is Cc1ccc(S(=O)(=O)NCCC(=O)OCC(=O)NC2CCCCCC2)cc1. The number of carbonyl (C=O) groups excluding carboxylic acids is 2. The van der Waals surface area contributed by atoms with Crippen molar-refractivity contribution in [2.75, 3.05) is 13.2 Å². The lowest BCUT2D eigenvalue weighted by molar-refractivity contribution is -0.148. The molecule has 2 rings (SSSR count). The van der Waals surface area contributed by atoms with Crippen LogP contribution in [-0.4, -0.2) is 39.5 Å². The van der Waals surface area contributed by atoms with E-state index in [1.807, 2.05) is 6.92 Å². The summed E-state index contributed by atoms with van der Waals surface area (Å²) in [4.78, 5) is 23.7. The van der Waals surface area contributed by atoms with Crippen molar-refractivity contribution in [1.29, 1.82) is 0 Å². The Labute approximate surface area is 160 Å². The third kappa shape index (κ3) is 7.68. The second-order valence-corrected chi connectivity index (χ2v) is 8.64. The Morgan fingerprint density at radius 3 is 2.33 bits per heavy atom. The average Bonchev–Trinajstić information content (AvgIpc) is 2.89. The van der Waals surface area contributed by atoms with E-state index in [0.717, 1.165) is 31.2 Å². The molecular weight excluding hydrogens is 368 g/mol. The van der Waals surface area contributed by atoms with Crippen LogP contribution in [0.4, 0.5) is 0 Å². The maximum atomic E-state index is 12.1. The van der Waals surface area contributed by atoms with Crippen LogP contribution in [0.15, 0.2) is 29.2 Å². The largest absolute Gasteiger partial charge is 0.456 e. The first-order valence-electron chi connectivity index (χ1n) is 9.38. The number of carbonyl (C=O) groups is 2. The van der Waals surface area contributed by atoms with Crippen molar-refractivity contribution in [3.63, 3.8) is 0 Å². The molecule has 0 aliphatic heterocycles. The molecule has 7 nitrogen and oxygen atoms in total. The van der Waals surface area contributed by atoms with Crippen LogP contribution in [0, 0.1) is 6.92 Å². The van der Waals surface area contributed by atoms with Gasteiger partial charge in [-0.1, -0.05) is 43.4 Å². The predicted octanol–water partition coefficient (Wildman–Crippen LogP) is 2.05. The number of hydrogen-bond donors (Lipinski definition) is 2. The molecule has 0 aromatic heterocycles. The van der Waals surface area contributed by atoms with E-state index in [2.05, 4.69) is 10.0 Å². The zero-order valence-electron chi connectivity index (χ0n) is 15.7. The van der Waals surface area contributed by atoms with Crippen LogP contribution in [0.3, 0.4) is 0 Å². The van der Waals surface area contributed by atoms with E-state index in [1.165, 1.54) is 25.0 Å².